The summed E-state index contributed by atoms with van der Waals surface area (Å²) in [5, 5.41) is 18.3. The van der Waals surface area contributed by atoms with Crippen LogP contribution >= 0.6 is 0 Å². The highest BCUT2D eigenvalue weighted by molar-refractivity contribution is 6.36. The molecule has 13 nitrogen and oxygen atoms in total. The summed E-state index contributed by atoms with van der Waals surface area (Å²) in [5.41, 5.74) is -0.446. The van der Waals surface area contributed by atoms with Gasteiger partial charge in [0.15, 0.2) is 0 Å². The van der Waals surface area contributed by atoms with Crippen molar-refractivity contribution in [2.45, 2.75) is 12.8 Å². The van der Waals surface area contributed by atoms with Crippen molar-refractivity contribution in [3.63, 3.8) is 0 Å². The summed E-state index contributed by atoms with van der Waals surface area (Å²) in [6.45, 7) is 1.34. The monoisotopic (exact) mass is 608 g/mol. The lowest BCUT2D eigenvalue weighted by molar-refractivity contribution is -0.128. The third-order valence-corrected chi connectivity index (χ3v) is 7.86. The number of azo groups is 1. The minimum absolute atomic E-state index is 0.00685. The molecule has 228 valence electrons. The van der Waals surface area contributed by atoms with E-state index in [1.807, 2.05) is 30.3 Å². The van der Waals surface area contributed by atoms with Crippen molar-refractivity contribution in [2.75, 3.05) is 24.6 Å². The molecule has 0 unspecified atom stereocenters. The number of aromatic nitrogens is 2. The van der Waals surface area contributed by atoms with Gasteiger partial charge in [0.25, 0.3) is 17.4 Å². The van der Waals surface area contributed by atoms with Gasteiger partial charge in [0.05, 0.1) is 29.0 Å². The fraction of sp³-hybridized carbons (Fsp3) is 0.219. The molecule has 3 amide bonds. The van der Waals surface area contributed by atoms with E-state index in [-0.39, 0.29) is 35.0 Å². The highest BCUT2D eigenvalue weighted by Crippen LogP contribution is 2.41. The minimum atomic E-state index is -0.880. The molecule has 1 aromatic heterocycles. The van der Waals surface area contributed by atoms with Crippen molar-refractivity contribution in [3.05, 3.63) is 98.7 Å². The number of aromatic hydroxyl groups is 1. The molecule has 4 aromatic rings. The molecular weight excluding hydrogens is 580 g/mol. The smallest absolute Gasteiger partial charge is 0.333 e. The van der Waals surface area contributed by atoms with Gasteiger partial charge >= 0.3 is 5.69 Å². The van der Waals surface area contributed by atoms with E-state index in [1.54, 1.807) is 23.1 Å². The molecule has 0 atom stereocenters. The molecule has 2 aliphatic rings. The Morgan fingerprint density at radius 2 is 1.62 bits per heavy atom. The molecule has 0 bridgehead atoms. The van der Waals surface area contributed by atoms with Crippen LogP contribution in [-0.4, -0.2) is 56.6 Å². The van der Waals surface area contributed by atoms with Crippen molar-refractivity contribution in [2.24, 2.45) is 24.3 Å². The molecule has 3 heterocycles. The third kappa shape index (κ3) is 5.18. The fourth-order valence-electron chi connectivity index (χ4n) is 5.44. The van der Waals surface area contributed by atoms with E-state index >= 15 is 0 Å². The highest BCUT2D eigenvalue weighted by Gasteiger charge is 2.40. The van der Waals surface area contributed by atoms with Gasteiger partial charge in [0, 0.05) is 38.7 Å². The second kappa shape index (κ2) is 11.7. The molecule has 0 aliphatic carbocycles. The number of imide groups is 1. The molecule has 45 heavy (non-hydrogen) atoms. The Bertz CT molecular complexity index is 2020. The molecule has 13 heteroatoms. The first-order valence-corrected chi connectivity index (χ1v) is 14.2. The van der Waals surface area contributed by atoms with E-state index in [1.165, 1.54) is 32.3 Å². The zero-order valence-electron chi connectivity index (χ0n) is 24.5. The number of fused-ring (bicyclic) bond motifs is 1. The molecule has 2 aliphatic heterocycles. The van der Waals surface area contributed by atoms with Crippen LogP contribution in [0.15, 0.2) is 86.5 Å². The Morgan fingerprint density at radius 3 is 2.36 bits per heavy atom. The van der Waals surface area contributed by atoms with Crippen molar-refractivity contribution < 1.29 is 24.2 Å². The summed E-state index contributed by atoms with van der Waals surface area (Å²) in [5.74, 6) is -1.45. The van der Waals surface area contributed by atoms with Crippen LogP contribution < -0.4 is 20.9 Å². The number of nitrogens with zero attached hydrogens (tertiary/aromatic N) is 6. The average molecular weight is 609 g/mol. The second-order valence-electron chi connectivity index (χ2n) is 10.6. The van der Waals surface area contributed by atoms with Gasteiger partial charge in [-0.3, -0.25) is 28.3 Å². The molecule has 6 rings (SSSR count). The lowest BCUT2D eigenvalue weighted by Gasteiger charge is -2.21. The van der Waals surface area contributed by atoms with Crippen molar-refractivity contribution in [3.8, 4) is 22.8 Å². The van der Waals surface area contributed by atoms with Crippen LogP contribution in [0.2, 0.25) is 0 Å². The van der Waals surface area contributed by atoms with Crippen LogP contribution in [-0.2, 0) is 18.9 Å². The lowest BCUT2D eigenvalue weighted by atomic mass is 10.0. The number of amides is 3. The number of ether oxygens (including phenoxy) is 1. The SMILES string of the molecule is Cn1c(O)c(N=Nc2cccc3c2C(=O)N(c2cc(OCCN4CCCC4=O)ccc2-c2ccccc2)C3=O)c(=O)n(C)c1=O. The van der Waals surface area contributed by atoms with Gasteiger partial charge in [-0.05, 0) is 36.2 Å². The quantitative estimate of drug-likeness (QED) is 0.236. The van der Waals surface area contributed by atoms with Crippen LogP contribution in [0.5, 0.6) is 11.6 Å². The number of likely N-dealkylation sites (tertiary alicyclic amines) is 1. The first kappa shape index (κ1) is 29.2. The predicted molar refractivity (Wildman–Crippen MR) is 164 cm³/mol. The number of benzene rings is 3. The second-order valence-corrected chi connectivity index (χ2v) is 10.6. The first-order chi connectivity index (χ1) is 21.7. The molecule has 0 spiro atoms. The van der Waals surface area contributed by atoms with Crippen molar-refractivity contribution in [1.29, 1.82) is 0 Å². The molecule has 3 aromatic carbocycles. The zero-order valence-corrected chi connectivity index (χ0v) is 24.5. The highest BCUT2D eigenvalue weighted by atomic mass is 16.5. The lowest BCUT2D eigenvalue weighted by Crippen LogP contribution is -2.36. The number of carbonyl (C=O) groups is 3. The molecule has 0 saturated carbocycles. The number of hydrogen-bond acceptors (Lipinski definition) is 9. The third-order valence-electron chi connectivity index (χ3n) is 7.86. The van der Waals surface area contributed by atoms with E-state index in [9.17, 15) is 29.1 Å². The largest absolute Gasteiger partial charge is 0.493 e. The van der Waals surface area contributed by atoms with Gasteiger partial charge in [-0.25, -0.2) is 9.69 Å². The van der Waals surface area contributed by atoms with E-state index in [4.69, 9.17) is 4.74 Å². The zero-order chi connectivity index (χ0) is 31.8. The molecule has 1 N–H and O–H groups in total. The summed E-state index contributed by atoms with van der Waals surface area (Å²) >= 11 is 0. The molecule has 1 fully saturated rings. The number of carbonyl (C=O) groups excluding carboxylic acids is 3. The predicted octanol–water partition coefficient (Wildman–Crippen LogP) is 3.67. The van der Waals surface area contributed by atoms with Crippen LogP contribution in [0.25, 0.3) is 11.1 Å². The van der Waals surface area contributed by atoms with E-state index in [0.717, 1.165) is 26.0 Å². The summed E-state index contributed by atoms with van der Waals surface area (Å²) in [6, 6.07) is 18.9. The van der Waals surface area contributed by atoms with Gasteiger partial charge in [0.2, 0.25) is 17.5 Å². The van der Waals surface area contributed by atoms with Gasteiger partial charge in [-0.1, -0.05) is 36.4 Å². The maximum atomic E-state index is 14.0. The van der Waals surface area contributed by atoms with Gasteiger partial charge in [-0.15, -0.1) is 10.2 Å². The van der Waals surface area contributed by atoms with Crippen molar-refractivity contribution in [1.82, 2.24) is 14.0 Å². The summed E-state index contributed by atoms with van der Waals surface area (Å²) in [6.07, 6.45) is 1.35. The average Bonchev–Trinajstić information content (AvgIpc) is 3.58. The van der Waals surface area contributed by atoms with E-state index in [0.29, 0.717) is 30.8 Å². The normalized spacial score (nSPS) is 14.6. The molecular formula is C32H28N6O7. The summed E-state index contributed by atoms with van der Waals surface area (Å²) in [7, 11) is 2.50. The number of rotatable bonds is 8. The van der Waals surface area contributed by atoms with E-state index < -0.39 is 34.6 Å². The Morgan fingerprint density at radius 1 is 0.844 bits per heavy atom. The van der Waals surface area contributed by atoms with Gasteiger partial charge in [-0.2, -0.15) is 0 Å². The standard InChI is InChI=1S/C32H28N6O7/c1-35-30(42)27(31(43)36(2)32(35)44)34-33-23-11-6-10-22-26(23)29(41)38(28(22)40)24-18-20(45-17-16-37-15-7-12-25(37)39)13-14-21(24)19-8-4-3-5-9-19/h3-6,8-11,13-14,18,42H,7,12,15-17H2,1-2H3. The topological polar surface area (TPSA) is 156 Å². The van der Waals surface area contributed by atoms with Crippen molar-refractivity contribution >= 4 is 34.8 Å². The summed E-state index contributed by atoms with van der Waals surface area (Å²) < 4.78 is 7.57. The Kier molecular flexibility index (Phi) is 7.59. The van der Waals surface area contributed by atoms with Gasteiger partial charge in [0.1, 0.15) is 12.4 Å². The van der Waals surface area contributed by atoms with Crippen LogP contribution in [0.4, 0.5) is 17.1 Å². The molecule has 0 radical (unpaired) electrons. The summed E-state index contributed by atoms with van der Waals surface area (Å²) in [4.78, 5) is 67.3. The first-order valence-electron chi connectivity index (χ1n) is 14.2. The fourth-order valence-corrected chi connectivity index (χ4v) is 5.44. The maximum absolute atomic E-state index is 14.0. The maximum Gasteiger partial charge on any atom is 0.333 e. The Balaban J connectivity index is 1.37. The Hall–Kier alpha value is -5.85. The Labute approximate surface area is 256 Å². The van der Waals surface area contributed by atoms with Gasteiger partial charge < -0.3 is 14.7 Å². The molecule has 1 saturated heterocycles. The van der Waals surface area contributed by atoms with E-state index in [2.05, 4.69) is 10.2 Å². The minimum Gasteiger partial charge on any atom is -0.493 e. The number of hydrogen-bond donors (Lipinski definition) is 1. The van der Waals surface area contributed by atoms with Crippen LogP contribution in [0.3, 0.4) is 0 Å². The van der Waals surface area contributed by atoms with Crippen LogP contribution in [0, 0.1) is 0 Å². The van der Waals surface area contributed by atoms with Crippen LogP contribution in [0.1, 0.15) is 33.6 Å². The number of anilines is 1.